The van der Waals surface area contributed by atoms with Crippen molar-refractivity contribution in [3.63, 3.8) is 0 Å². The summed E-state index contributed by atoms with van der Waals surface area (Å²) in [5, 5.41) is 0. The minimum absolute atomic E-state index is 0.340. The van der Waals surface area contributed by atoms with Crippen molar-refractivity contribution in [2.75, 3.05) is 0 Å². The molecule has 1 aliphatic rings. The zero-order valence-electron chi connectivity index (χ0n) is 26.8. The molecule has 0 aliphatic heterocycles. The predicted octanol–water partition coefficient (Wildman–Crippen LogP) is 12.0. The van der Waals surface area contributed by atoms with Crippen LogP contribution in [0.5, 0.6) is 0 Å². The van der Waals surface area contributed by atoms with E-state index in [0.717, 1.165) is 0 Å². The monoisotopic (exact) mass is 532 g/mol. The number of hydrogen-bond acceptors (Lipinski definition) is 0. The normalized spacial score (nSPS) is 19.8. The smallest absolute Gasteiger partial charge is 0.00285 e. The Morgan fingerprint density at radius 2 is 1.20 bits per heavy atom. The maximum atomic E-state index is 2.40. The maximum absolute atomic E-state index is 2.40. The van der Waals surface area contributed by atoms with Crippen LogP contribution in [0.1, 0.15) is 83.6 Å². The summed E-state index contributed by atoms with van der Waals surface area (Å²) in [4.78, 5) is 0. The fourth-order valence-corrected chi connectivity index (χ4v) is 4.95. The fraction of sp³-hybridized carbons (Fsp3) is 0.350. The van der Waals surface area contributed by atoms with Gasteiger partial charge in [0.2, 0.25) is 0 Å². The lowest BCUT2D eigenvalue weighted by Crippen LogP contribution is -2.26. The fourth-order valence-electron chi connectivity index (χ4n) is 4.95. The topological polar surface area (TPSA) is 0 Å². The molecule has 1 aliphatic carbocycles. The molecule has 0 aromatic heterocycles. The number of hydrogen-bond donors (Lipinski definition) is 0. The van der Waals surface area contributed by atoms with Gasteiger partial charge in [0.05, 0.1) is 0 Å². The third-order valence-electron chi connectivity index (χ3n) is 8.03. The zero-order chi connectivity index (χ0) is 29.7. The van der Waals surface area contributed by atoms with Gasteiger partial charge in [0.15, 0.2) is 0 Å². The van der Waals surface area contributed by atoms with Crippen molar-refractivity contribution in [2.45, 2.75) is 82.1 Å². The average molecular weight is 533 g/mol. The predicted molar refractivity (Wildman–Crippen MR) is 182 cm³/mol. The van der Waals surface area contributed by atoms with Gasteiger partial charge in [-0.25, -0.2) is 0 Å². The van der Waals surface area contributed by atoms with Crippen LogP contribution in [0.4, 0.5) is 0 Å². The second kappa shape index (κ2) is 16.0. The van der Waals surface area contributed by atoms with Crippen LogP contribution in [0, 0.1) is 32.1 Å². The Bertz CT molecular complexity index is 1320. The van der Waals surface area contributed by atoms with E-state index in [4.69, 9.17) is 0 Å². The van der Waals surface area contributed by atoms with Crippen molar-refractivity contribution < 1.29 is 0 Å². The molecule has 0 nitrogen and oxygen atoms in total. The maximum Gasteiger partial charge on any atom is 0.00285 e. The molecule has 0 saturated carbocycles. The van der Waals surface area contributed by atoms with E-state index >= 15 is 0 Å². The lowest BCUT2D eigenvalue weighted by atomic mass is 9.68. The van der Waals surface area contributed by atoms with Gasteiger partial charge in [0, 0.05) is 5.92 Å². The third kappa shape index (κ3) is 11.0. The number of rotatable bonds is 10. The molecule has 0 fully saturated rings. The number of aryl methyl sites for hydroxylation is 1. The van der Waals surface area contributed by atoms with E-state index in [-0.39, 0.29) is 0 Å². The third-order valence-corrected chi connectivity index (χ3v) is 8.03. The molecule has 40 heavy (non-hydrogen) atoms. The van der Waals surface area contributed by atoms with Crippen LogP contribution in [0.15, 0.2) is 125 Å². The Labute approximate surface area is 246 Å². The number of benzene rings is 1. The first kappa shape index (κ1) is 32.8. The molecular formula is C40H52. The van der Waals surface area contributed by atoms with Crippen molar-refractivity contribution in [3.8, 4) is 0 Å². The van der Waals surface area contributed by atoms with Crippen molar-refractivity contribution in [2.24, 2.45) is 11.3 Å². The minimum Gasteiger partial charge on any atom is -0.0850 e. The van der Waals surface area contributed by atoms with Gasteiger partial charge in [-0.15, -0.1) is 0 Å². The molecule has 0 spiro atoms. The highest BCUT2D eigenvalue weighted by Crippen LogP contribution is 2.41. The lowest BCUT2D eigenvalue weighted by molar-refractivity contribution is 0.255. The van der Waals surface area contributed by atoms with E-state index in [2.05, 4.69) is 173 Å². The Hall–Kier alpha value is -3.38. The highest BCUT2D eigenvalue weighted by Gasteiger charge is 2.30. The van der Waals surface area contributed by atoms with Crippen LogP contribution >= 0.6 is 0 Å². The summed E-state index contributed by atoms with van der Waals surface area (Å²) in [7, 11) is 0. The molecule has 0 bridgehead atoms. The van der Waals surface area contributed by atoms with E-state index in [1.54, 1.807) is 0 Å². The van der Waals surface area contributed by atoms with Gasteiger partial charge < -0.3 is 0 Å². The highest BCUT2D eigenvalue weighted by molar-refractivity contribution is 5.59. The van der Waals surface area contributed by atoms with E-state index in [0.29, 0.717) is 11.3 Å². The molecule has 2 rings (SSSR count). The molecule has 0 heteroatoms. The highest BCUT2D eigenvalue weighted by atomic mass is 14.3. The first-order valence-electron chi connectivity index (χ1n) is 14.7. The average Bonchev–Trinajstić information content (AvgIpc) is 2.88. The summed E-state index contributed by atoms with van der Waals surface area (Å²) in [6.45, 7) is 22.2. The quantitative estimate of drug-likeness (QED) is 0.208. The second-order valence-electron chi connectivity index (χ2n) is 12.1. The van der Waals surface area contributed by atoms with Gasteiger partial charge in [-0.1, -0.05) is 145 Å². The molecule has 212 valence electrons. The molecule has 0 amide bonds. The van der Waals surface area contributed by atoms with Crippen molar-refractivity contribution >= 4 is 6.08 Å². The Balaban J connectivity index is 1.88. The molecule has 1 aromatic carbocycles. The van der Waals surface area contributed by atoms with E-state index in [9.17, 15) is 0 Å². The second-order valence-corrected chi connectivity index (χ2v) is 12.1. The van der Waals surface area contributed by atoms with E-state index in [1.807, 2.05) is 0 Å². The van der Waals surface area contributed by atoms with Gasteiger partial charge in [0.25, 0.3) is 0 Å². The van der Waals surface area contributed by atoms with Crippen molar-refractivity contribution in [1.29, 1.82) is 0 Å². The summed E-state index contributed by atoms with van der Waals surface area (Å²) in [5.41, 5.74) is 12.2. The molecule has 0 N–H and O–H groups in total. The van der Waals surface area contributed by atoms with E-state index in [1.165, 1.54) is 63.0 Å². The first-order chi connectivity index (χ1) is 18.9. The van der Waals surface area contributed by atoms with Crippen LogP contribution < -0.4 is 0 Å². The molecule has 0 saturated heterocycles. The van der Waals surface area contributed by atoms with Crippen LogP contribution in [0.2, 0.25) is 0 Å². The largest absolute Gasteiger partial charge is 0.0850 e. The van der Waals surface area contributed by atoms with Crippen LogP contribution in [-0.2, 0) is 0 Å². The van der Waals surface area contributed by atoms with Gasteiger partial charge >= 0.3 is 0 Å². The van der Waals surface area contributed by atoms with Crippen LogP contribution in [-0.4, -0.2) is 0 Å². The molecule has 1 aromatic rings. The Kier molecular flexibility index (Phi) is 13.1. The summed E-state index contributed by atoms with van der Waals surface area (Å²) in [5.74, 6) is 0.529. The minimum atomic E-state index is 0.340. The van der Waals surface area contributed by atoms with Crippen molar-refractivity contribution in [3.05, 3.63) is 147 Å². The van der Waals surface area contributed by atoms with Crippen LogP contribution in [0.3, 0.4) is 0 Å². The molecule has 0 heterocycles. The first-order valence-corrected chi connectivity index (χ1v) is 14.7. The summed E-state index contributed by atoms with van der Waals surface area (Å²) in [6.07, 6.45) is 35.3. The van der Waals surface area contributed by atoms with Gasteiger partial charge in [-0.05, 0) is 95.9 Å². The summed E-state index contributed by atoms with van der Waals surface area (Å²) >= 11 is 0. The van der Waals surface area contributed by atoms with Crippen LogP contribution in [0.25, 0.3) is 6.08 Å². The number of allylic oxidation sites excluding steroid dienone is 19. The van der Waals surface area contributed by atoms with E-state index < -0.39 is 0 Å². The summed E-state index contributed by atoms with van der Waals surface area (Å²) < 4.78 is 0. The molecular weight excluding hydrogens is 480 g/mol. The standard InChI is InChI=1S/C40H52/c1-30(18-13-20-32(3)23-26-38-27-25-34(5)36(7)37(38)8)16-11-12-17-31(2)19-14-21-33(4)24-28-39-35(6)22-15-29-40(39,9)10/h11-14,16-28,39H,15,29H2,1-10H3/b12-11+,18-13+,19-14+,26-23+,28-24+,30-16+,31-17+,32-20+,33-21+/t39-/m0/s1. The molecule has 0 radical (unpaired) electrons. The van der Waals surface area contributed by atoms with Crippen molar-refractivity contribution in [1.82, 2.24) is 0 Å². The zero-order valence-corrected chi connectivity index (χ0v) is 26.8. The summed E-state index contributed by atoms with van der Waals surface area (Å²) in [6, 6.07) is 4.40. The lowest BCUT2D eigenvalue weighted by Gasteiger charge is -2.36. The molecule has 1 atom stereocenters. The Morgan fingerprint density at radius 3 is 1.77 bits per heavy atom. The van der Waals surface area contributed by atoms with Gasteiger partial charge in [-0.3, -0.25) is 0 Å². The Morgan fingerprint density at radius 1 is 0.675 bits per heavy atom. The SMILES string of the molecule is CC1=CCCC(C)(C)[C@H]1/C=C/C(C)=C/C=C/C(C)=C/C=C/C=C(C)/C=C/C=C(C)/C=C/c1ccc(C)c(C)c1C. The van der Waals surface area contributed by atoms with Gasteiger partial charge in [-0.2, -0.15) is 0 Å². The molecule has 0 unspecified atom stereocenters. The van der Waals surface area contributed by atoms with Gasteiger partial charge in [0.1, 0.15) is 0 Å².